The Morgan fingerprint density at radius 1 is 1.47 bits per heavy atom. The van der Waals surface area contributed by atoms with Crippen LogP contribution >= 0.6 is 0 Å². The summed E-state index contributed by atoms with van der Waals surface area (Å²) in [6.45, 7) is 1.21. The van der Waals surface area contributed by atoms with Gasteiger partial charge < -0.3 is 10.8 Å². The van der Waals surface area contributed by atoms with Crippen LogP contribution in [0.15, 0.2) is 17.0 Å². The first-order chi connectivity index (χ1) is 8.80. The maximum absolute atomic E-state index is 13.4. The van der Waals surface area contributed by atoms with E-state index in [0.717, 1.165) is 12.5 Å². The van der Waals surface area contributed by atoms with Crippen LogP contribution in [0.25, 0.3) is 0 Å². The molecule has 1 saturated carbocycles. The number of anilines is 1. The zero-order chi connectivity index (χ0) is 14.3. The third-order valence-corrected chi connectivity index (χ3v) is 5.09. The van der Waals surface area contributed by atoms with E-state index in [-0.39, 0.29) is 22.8 Å². The second-order valence-electron chi connectivity index (χ2n) is 5.04. The molecule has 1 aromatic rings. The minimum Gasteiger partial charge on any atom is -0.396 e. The maximum Gasteiger partial charge on any atom is 0.241 e. The van der Waals surface area contributed by atoms with Crippen LogP contribution in [0.2, 0.25) is 0 Å². The Bertz CT molecular complexity index is 568. The van der Waals surface area contributed by atoms with Crippen molar-refractivity contribution in [2.24, 2.45) is 0 Å². The van der Waals surface area contributed by atoms with Crippen LogP contribution in [0.5, 0.6) is 0 Å². The molecule has 1 aromatic carbocycles. The van der Waals surface area contributed by atoms with E-state index in [1.165, 1.54) is 13.0 Å². The predicted octanol–water partition coefficient (Wildman–Crippen LogP) is 0.910. The van der Waals surface area contributed by atoms with Gasteiger partial charge in [0.15, 0.2) is 0 Å². The lowest BCUT2D eigenvalue weighted by molar-refractivity contribution is 0.110. The predicted molar refractivity (Wildman–Crippen MR) is 69.5 cm³/mol. The molecule has 106 valence electrons. The van der Waals surface area contributed by atoms with Crippen LogP contribution in [0.1, 0.15) is 24.8 Å². The molecule has 0 aliphatic heterocycles. The number of nitrogens with one attached hydrogen (secondary N) is 1. The summed E-state index contributed by atoms with van der Waals surface area (Å²) < 4.78 is 40.3. The van der Waals surface area contributed by atoms with Gasteiger partial charge in [0, 0.05) is 0 Å². The highest BCUT2D eigenvalue weighted by molar-refractivity contribution is 7.89. The van der Waals surface area contributed by atoms with Gasteiger partial charge in [-0.05, 0) is 43.9 Å². The number of hydrogen-bond donors (Lipinski definition) is 3. The number of aliphatic hydroxyl groups excluding tert-OH is 1. The Hall–Kier alpha value is -1.18. The standard InChI is InChI=1S/C12H17FN2O3S/c1-8-5-9(6-10(14)11(8)13)19(17,18)15-12(7-16)3-2-4-12/h5-6,15-16H,2-4,7,14H2,1H3. The molecule has 0 atom stereocenters. The summed E-state index contributed by atoms with van der Waals surface area (Å²) in [6, 6.07) is 2.33. The van der Waals surface area contributed by atoms with Crippen LogP contribution in [0.4, 0.5) is 10.1 Å². The molecule has 0 spiro atoms. The first-order valence-corrected chi connectivity index (χ1v) is 7.48. The normalized spacial score (nSPS) is 18.1. The molecule has 19 heavy (non-hydrogen) atoms. The number of hydrogen-bond acceptors (Lipinski definition) is 4. The first kappa shape index (κ1) is 14.2. The van der Waals surface area contributed by atoms with Gasteiger partial charge >= 0.3 is 0 Å². The zero-order valence-electron chi connectivity index (χ0n) is 10.6. The molecule has 1 aliphatic rings. The fourth-order valence-electron chi connectivity index (χ4n) is 2.16. The molecule has 2 rings (SSSR count). The van der Waals surface area contributed by atoms with Gasteiger partial charge in [-0.1, -0.05) is 0 Å². The number of halogens is 1. The van der Waals surface area contributed by atoms with E-state index in [4.69, 9.17) is 5.73 Å². The quantitative estimate of drug-likeness (QED) is 0.718. The molecule has 0 amide bonds. The highest BCUT2D eigenvalue weighted by Crippen LogP contribution is 2.33. The van der Waals surface area contributed by atoms with Gasteiger partial charge in [0.2, 0.25) is 10.0 Å². The molecule has 1 fully saturated rings. The van der Waals surface area contributed by atoms with Crippen molar-refractivity contribution in [3.05, 3.63) is 23.5 Å². The van der Waals surface area contributed by atoms with Crippen molar-refractivity contribution < 1.29 is 17.9 Å². The molecule has 0 radical (unpaired) electrons. The summed E-state index contributed by atoms with van der Waals surface area (Å²) in [4.78, 5) is -0.0800. The summed E-state index contributed by atoms with van der Waals surface area (Å²) in [5.41, 5.74) is 4.63. The molecule has 7 heteroatoms. The van der Waals surface area contributed by atoms with Crippen molar-refractivity contribution >= 4 is 15.7 Å². The average Bonchev–Trinajstić information content (AvgIpc) is 2.30. The second-order valence-corrected chi connectivity index (χ2v) is 6.72. The maximum atomic E-state index is 13.4. The second kappa shape index (κ2) is 4.73. The Kier molecular flexibility index (Phi) is 3.55. The van der Waals surface area contributed by atoms with Crippen molar-refractivity contribution in [3.8, 4) is 0 Å². The van der Waals surface area contributed by atoms with Crippen molar-refractivity contribution in [2.45, 2.75) is 36.6 Å². The van der Waals surface area contributed by atoms with E-state index in [1.54, 1.807) is 0 Å². The van der Waals surface area contributed by atoms with E-state index >= 15 is 0 Å². The minimum absolute atomic E-state index is 0.0800. The van der Waals surface area contributed by atoms with Crippen molar-refractivity contribution in [1.29, 1.82) is 0 Å². The Labute approximate surface area is 111 Å². The van der Waals surface area contributed by atoms with Gasteiger partial charge in [-0.2, -0.15) is 0 Å². The third kappa shape index (κ3) is 2.58. The van der Waals surface area contributed by atoms with E-state index in [1.807, 2.05) is 0 Å². The first-order valence-electron chi connectivity index (χ1n) is 6.00. The molecule has 1 aliphatic carbocycles. The lowest BCUT2D eigenvalue weighted by Crippen LogP contribution is -2.55. The summed E-state index contributed by atoms with van der Waals surface area (Å²) in [5.74, 6) is -0.612. The molecule has 5 nitrogen and oxygen atoms in total. The van der Waals surface area contributed by atoms with Gasteiger partial charge in [-0.25, -0.2) is 17.5 Å². The molecule has 0 saturated heterocycles. The fraction of sp³-hybridized carbons (Fsp3) is 0.500. The molecule has 0 bridgehead atoms. The van der Waals surface area contributed by atoms with Crippen LogP contribution in [0.3, 0.4) is 0 Å². The van der Waals surface area contributed by atoms with E-state index < -0.39 is 21.4 Å². The Morgan fingerprint density at radius 3 is 2.53 bits per heavy atom. The van der Waals surface area contributed by atoms with Gasteiger partial charge in [-0.15, -0.1) is 0 Å². The highest BCUT2D eigenvalue weighted by Gasteiger charge is 2.40. The number of aliphatic hydroxyl groups is 1. The van der Waals surface area contributed by atoms with E-state index in [2.05, 4.69) is 4.72 Å². The summed E-state index contributed by atoms with van der Waals surface area (Å²) in [7, 11) is -3.81. The Morgan fingerprint density at radius 2 is 2.11 bits per heavy atom. The van der Waals surface area contributed by atoms with Crippen LogP contribution in [-0.4, -0.2) is 25.7 Å². The molecular weight excluding hydrogens is 271 g/mol. The number of nitrogen functional groups attached to an aromatic ring is 1. The van der Waals surface area contributed by atoms with Crippen LogP contribution in [0, 0.1) is 12.7 Å². The van der Waals surface area contributed by atoms with Gasteiger partial charge in [0.05, 0.1) is 22.7 Å². The van der Waals surface area contributed by atoms with Crippen LogP contribution < -0.4 is 10.5 Å². The SMILES string of the molecule is Cc1cc(S(=O)(=O)NC2(CO)CCC2)cc(N)c1F. The lowest BCUT2D eigenvalue weighted by Gasteiger charge is -2.40. The number of benzene rings is 1. The van der Waals surface area contributed by atoms with Gasteiger partial charge in [0.1, 0.15) is 5.82 Å². The Balaban J connectivity index is 2.35. The average molecular weight is 288 g/mol. The monoisotopic (exact) mass is 288 g/mol. The number of rotatable bonds is 4. The summed E-state index contributed by atoms with van der Waals surface area (Å²) in [6.07, 6.45) is 2.06. The fourth-order valence-corrected chi connectivity index (χ4v) is 3.73. The summed E-state index contributed by atoms with van der Waals surface area (Å²) in [5, 5.41) is 9.29. The van der Waals surface area contributed by atoms with Gasteiger partial charge in [-0.3, -0.25) is 0 Å². The van der Waals surface area contributed by atoms with Crippen molar-refractivity contribution in [1.82, 2.24) is 4.72 Å². The minimum atomic E-state index is -3.81. The summed E-state index contributed by atoms with van der Waals surface area (Å²) >= 11 is 0. The number of aryl methyl sites for hydroxylation is 1. The zero-order valence-corrected chi connectivity index (χ0v) is 11.4. The molecular formula is C12H17FN2O3S. The molecule has 4 N–H and O–H groups in total. The van der Waals surface area contributed by atoms with E-state index in [9.17, 15) is 17.9 Å². The number of nitrogens with two attached hydrogens (primary N) is 1. The molecule has 0 heterocycles. The molecule has 0 aromatic heterocycles. The largest absolute Gasteiger partial charge is 0.396 e. The highest BCUT2D eigenvalue weighted by atomic mass is 32.2. The lowest BCUT2D eigenvalue weighted by atomic mass is 9.78. The number of sulfonamides is 1. The van der Waals surface area contributed by atoms with Crippen LogP contribution in [-0.2, 0) is 10.0 Å². The van der Waals surface area contributed by atoms with Crippen molar-refractivity contribution in [2.75, 3.05) is 12.3 Å². The topological polar surface area (TPSA) is 92.4 Å². The smallest absolute Gasteiger partial charge is 0.241 e. The third-order valence-electron chi connectivity index (χ3n) is 3.53. The van der Waals surface area contributed by atoms with E-state index in [0.29, 0.717) is 12.8 Å². The van der Waals surface area contributed by atoms with Crippen molar-refractivity contribution in [3.63, 3.8) is 0 Å². The molecule has 0 unspecified atom stereocenters. The van der Waals surface area contributed by atoms with Gasteiger partial charge in [0.25, 0.3) is 0 Å².